The van der Waals surface area contributed by atoms with Crippen LogP contribution in [0.25, 0.3) is 5.57 Å². The molecule has 0 bridgehead atoms. The molecule has 1 aromatic heterocycles. The van der Waals surface area contributed by atoms with Crippen molar-refractivity contribution >= 4 is 23.5 Å². The van der Waals surface area contributed by atoms with E-state index >= 15 is 0 Å². The summed E-state index contributed by atoms with van der Waals surface area (Å²) in [6.45, 7) is 1.18. The number of carbonyl (C=O) groups is 1. The lowest BCUT2D eigenvalue weighted by Crippen LogP contribution is -2.63. The zero-order chi connectivity index (χ0) is 20.6. The monoisotopic (exact) mass is 397 g/mol. The number of amides is 1. The van der Waals surface area contributed by atoms with Crippen LogP contribution >= 0.6 is 0 Å². The van der Waals surface area contributed by atoms with Crippen LogP contribution in [0, 0.1) is 0 Å². The Hall–Kier alpha value is -3.30. The first-order valence-corrected chi connectivity index (χ1v) is 9.21. The van der Waals surface area contributed by atoms with Gasteiger partial charge in [-0.15, -0.1) is 0 Å². The molecule has 1 fully saturated rings. The second-order valence-corrected chi connectivity index (χ2v) is 6.50. The third-order valence-corrected chi connectivity index (χ3v) is 4.44. The number of nitrogens with one attached hydrogen (secondary N) is 2. The molecule has 0 spiro atoms. The molecule has 1 unspecified atom stereocenters. The van der Waals surface area contributed by atoms with Gasteiger partial charge in [-0.3, -0.25) is 9.79 Å². The number of benzene rings is 1. The van der Waals surface area contributed by atoms with E-state index < -0.39 is 5.91 Å². The number of ether oxygens (including phenoxy) is 2. The maximum absolute atomic E-state index is 12.8. The largest absolute Gasteiger partial charge is 0.404 e. The van der Waals surface area contributed by atoms with E-state index in [0.29, 0.717) is 31.1 Å². The summed E-state index contributed by atoms with van der Waals surface area (Å²) in [6.07, 6.45) is 4.22. The Morgan fingerprint density at radius 3 is 2.90 bits per heavy atom. The van der Waals surface area contributed by atoms with E-state index in [0.717, 1.165) is 5.56 Å². The number of nitrogen functional groups attached to an aromatic ring is 1. The van der Waals surface area contributed by atoms with E-state index in [1.54, 1.807) is 13.3 Å². The molecule has 2 atom stereocenters. The van der Waals surface area contributed by atoms with Crippen LogP contribution in [-0.2, 0) is 16.1 Å². The minimum atomic E-state index is -0.443. The van der Waals surface area contributed by atoms with Crippen molar-refractivity contribution in [3.63, 3.8) is 0 Å². The van der Waals surface area contributed by atoms with E-state index in [4.69, 9.17) is 20.9 Å². The number of aromatic nitrogens is 2. The van der Waals surface area contributed by atoms with Gasteiger partial charge in [0.1, 0.15) is 13.2 Å². The molecule has 152 valence electrons. The molecular formula is C20H25N6O3+. The van der Waals surface area contributed by atoms with E-state index in [2.05, 4.69) is 20.3 Å². The number of anilines is 1. The van der Waals surface area contributed by atoms with Crippen LogP contribution in [0.2, 0.25) is 0 Å². The molecule has 1 aromatic carbocycles. The average molecular weight is 397 g/mol. The number of hydrogen-bond acceptors (Lipinski definition) is 7. The van der Waals surface area contributed by atoms with Gasteiger partial charge < -0.3 is 26.3 Å². The van der Waals surface area contributed by atoms with Gasteiger partial charge in [0, 0.05) is 6.20 Å². The average Bonchev–Trinajstić information content (AvgIpc) is 3.18. The van der Waals surface area contributed by atoms with Crippen molar-refractivity contribution < 1.29 is 19.3 Å². The molecule has 2 heterocycles. The first kappa shape index (κ1) is 20.4. The molecule has 1 aliphatic heterocycles. The Bertz CT molecular complexity index is 900. The van der Waals surface area contributed by atoms with Crippen LogP contribution in [-0.4, -0.2) is 54.5 Å². The Morgan fingerprint density at radius 2 is 2.17 bits per heavy atom. The molecule has 6 N–H and O–H groups in total. The zero-order valence-electron chi connectivity index (χ0n) is 16.2. The van der Waals surface area contributed by atoms with Crippen molar-refractivity contribution in [2.75, 3.05) is 26.0 Å². The topological polar surface area (TPSA) is 139 Å². The van der Waals surface area contributed by atoms with Crippen LogP contribution in [0.15, 0.2) is 42.7 Å². The lowest BCUT2D eigenvalue weighted by molar-refractivity contribution is -0.412. The van der Waals surface area contributed by atoms with Gasteiger partial charge in [-0.05, 0) is 5.56 Å². The molecule has 1 amide bonds. The molecule has 2 aromatic rings. The van der Waals surface area contributed by atoms with Gasteiger partial charge in [0.25, 0.3) is 5.91 Å². The predicted octanol–water partition coefficient (Wildman–Crippen LogP) is -1.15. The molecule has 9 nitrogen and oxygen atoms in total. The fraction of sp³-hybridized carbons (Fsp3) is 0.300. The van der Waals surface area contributed by atoms with Crippen molar-refractivity contribution in [3.05, 3.63) is 59.7 Å². The van der Waals surface area contributed by atoms with Crippen LogP contribution in [0.3, 0.4) is 0 Å². The van der Waals surface area contributed by atoms with Gasteiger partial charge in [-0.2, -0.15) is 0 Å². The van der Waals surface area contributed by atoms with Crippen molar-refractivity contribution in [2.24, 2.45) is 5.73 Å². The van der Waals surface area contributed by atoms with E-state index in [1.165, 1.54) is 12.4 Å². The first-order chi connectivity index (χ1) is 14.1. The molecule has 3 rings (SSSR count). The minimum Gasteiger partial charge on any atom is -0.404 e. The lowest BCUT2D eigenvalue weighted by atomic mass is 10.2. The van der Waals surface area contributed by atoms with Gasteiger partial charge in [0.05, 0.1) is 43.3 Å². The molecule has 0 saturated carbocycles. The van der Waals surface area contributed by atoms with Gasteiger partial charge in [-0.25, -0.2) is 9.97 Å². The highest BCUT2D eigenvalue weighted by atomic mass is 16.5. The predicted molar refractivity (Wildman–Crippen MR) is 109 cm³/mol. The maximum atomic E-state index is 12.8. The highest BCUT2D eigenvalue weighted by molar-refractivity contribution is 6.06. The lowest BCUT2D eigenvalue weighted by Gasteiger charge is -2.20. The molecule has 1 aliphatic rings. The Morgan fingerprint density at radius 1 is 1.38 bits per heavy atom. The van der Waals surface area contributed by atoms with Crippen LogP contribution in [0.1, 0.15) is 21.7 Å². The summed E-state index contributed by atoms with van der Waals surface area (Å²) >= 11 is 0. The summed E-state index contributed by atoms with van der Waals surface area (Å²) in [7, 11) is 1.73. The van der Waals surface area contributed by atoms with Crippen LogP contribution in [0.4, 0.5) is 5.82 Å². The number of rotatable bonds is 7. The normalized spacial score (nSPS) is 19.6. The Balaban J connectivity index is 1.68. The van der Waals surface area contributed by atoms with Crippen molar-refractivity contribution in [3.8, 4) is 0 Å². The van der Waals surface area contributed by atoms with Crippen molar-refractivity contribution in [1.29, 1.82) is 0 Å². The van der Waals surface area contributed by atoms with E-state index in [-0.39, 0.29) is 23.7 Å². The highest BCUT2D eigenvalue weighted by Crippen LogP contribution is 2.16. The van der Waals surface area contributed by atoms with Crippen molar-refractivity contribution in [1.82, 2.24) is 15.3 Å². The molecule has 29 heavy (non-hydrogen) atoms. The summed E-state index contributed by atoms with van der Waals surface area (Å²) in [5, 5.41) is 2.89. The third-order valence-electron chi connectivity index (χ3n) is 4.44. The minimum absolute atomic E-state index is 0.0278. The fourth-order valence-corrected chi connectivity index (χ4v) is 2.92. The quantitative estimate of drug-likeness (QED) is 0.433. The van der Waals surface area contributed by atoms with Crippen molar-refractivity contribution in [2.45, 2.75) is 18.8 Å². The number of allylic oxidation sites excluding steroid dienone is 1. The molecule has 0 aliphatic carbocycles. The van der Waals surface area contributed by atoms with Gasteiger partial charge in [-0.1, -0.05) is 30.3 Å². The molecule has 9 heteroatoms. The van der Waals surface area contributed by atoms with Crippen LogP contribution in [0.5, 0.6) is 0 Å². The highest BCUT2D eigenvalue weighted by Gasteiger charge is 2.31. The molecule has 0 radical (unpaired) electrons. The van der Waals surface area contributed by atoms with Gasteiger partial charge in [0.15, 0.2) is 17.7 Å². The molecule has 1 saturated heterocycles. The summed E-state index contributed by atoms with van der Waals surface area (Å²) < 4.78 is 11.4. The summed E-state index contributed by atoms with van der Waals surface area (Å²) in [6, 6.07) is 9.50. The Labute approximate surface area is 168 Å². The smallest absolute Gasteiger partial charge is 0.274 e. The second kappa shape index (κ2) is 9.76. The standard InChI is InChI=1S/C20H24N6O3/c1-23-8-14(7-21)15-9-24-19(22)18(25-15)20(27)26-16-11-28-12-17(16)29-10-13-5-3-2-4-6-13/h2-9,16-17H,10-12,21H2,1H3,(H2,22,24)(H,26,27)/p+1/t16-,17?/m0/s1. The van der Waals surface area contributed by atoms with Gasteiger partial charge in [0.2, 0.25) is 0 Å². The molecular weight excluding hydrogens is 372 g/mol. The zero-order valence-corrected chi connectivity index (χ0v) is 16.2. The van der Waals surface area contributed by atoms with E-state index in [1.807, 2.05) is 30.3 Å². The fourth-order valence-electron chi connectivity index (χ4n) is 2.92. The van der Waals surface area contributed by atoms with Crippen LogP contribution < -0.4 is 21.8 Å². The third kappa shape index (κ3) is 5.15. The van der Waals surface area contributed by atoms with Gasteiger partial charge >= 0.3 is 0 Å². The number of carbonyl (C=O) groups excluding carboxylic acids is 1. The number of nitrogens with two attached hydrogens (primary N) is 2. The summed E-state index contributed by atoms with van der Waals surface area (Å²) in [4.78, 5) is 24.0. The maximum Gasteiger partial charge on any atom is 0.274 e. The second-order valence-electron chi connectivity index (χ2n) is 6.50. The Kier molecular flexibility index (Phi) is 6.88. The summed E-state index contributed by atoms with van der Waals surface area (Å²) in [5.41, 5.74) is 13.6. The first-order valence-electron chi connectivity index (χ1n) is 9.21. The number of hydrogen-bond donors (Lipinski definition) is 4. The number of nitrogens with zero attached hydrogens (tertiary/aromatic N) is 2. The van der Waals surface area contributed by atoms with E-state index in [9.17, 15) is 4.79 Å². The SMILES string of the molecule is C[NH+]=CC(=CN)c1cnc(N)c(C(=O)N[C@H]2COCC2OCc2ccccc2)n1. The summed E-state index contributed by atoms with van der Waals surface area (Å²) in [5.74, 6) is -0.408.